The molecule has 0 spiro atoms. The fourth-order valence-electron chi connectivity index (χ4n) is 2.37. The summed E-state index contributed by atoms with van der Waals surface area (Å²) in [5.41, 5.74) is 0.772. The number of benzene rings is 1. The van der Waals surface area contributed by atoms with Gasteiger partial charge >= 0.3 is 5.97 Å². The second kappa shape index (κ2) is 7.19. The van der Waals surface area contributed by atoms with E-state index in [0.717, 1.165) is 5.56 Å². The lowest BCUT2D eigenvalue weighted by molar-refractivity contribution is -0.149. The summed E-state index contributed by atoms with van der Waals surface area (Å²) in [4.78, 5) is 22.9. The number of nitrogens with one attached hydrogen (secondary N) is 1. The third-order valence-corrected chi connectivity index (χ3v) is 3.46. The highest BCUT2D eigenvalue weighted by Gasteiger charge is 2.31. The third kappa shape index (κ3) is 4.03. The van der Waals surface area contributed by atoms with Crippen molar-refractivity contribution >= 4 is 11.9 Å². The fraction of sp³-hybridized carbons (Fsp3) is 0.467. The normalized spacial score (nSPS) is 22.7. The summed E-state index contributed by atoms with van der Waals surface area (Å²) in [6.45, 7) is 0.287. The molecule has 0 bridgehead atoms. The molecular formula is C15H19NO5. The number of carbonyl (C=O) groups excluding carboxylic acids is 1. The molecule has 21 heavy (non-hydrogen) atoms. The van der Waals surface area contributed by atoms with Gasteiger partial charge in [0.2, 0.25) is 0 Å². The Morgan fingerprint density at radius 3 is 2.67 bits per heavy atom. The van der Waals surface area contributed by atoms with Gasteiger partial charge in [0, 0.05) is 13.7 Å². The van der Waals surface area contributed by atoms with Crippen molar-refractivity contribution in [3.05, 3.63) is 35.9 Å². The van der Waals surface area contributed by atoms with Gasteiger partial charge in [-0.2, -0.15) is 0 Å². The van der Waals surface area contributed by atoms with Crippen LogP contribution in [-0.2, 0) is 19.1 Å². The fourth-order valence-corrected chi connectivity index (χ4v) is 2.37. The van der Waals surface area contributed by atoms with Crippen molar-refractivity contribution in [2.45, 2.75) is 31.2 Å². The molecule has 0 saturated carbocycles. The second-order valence-corrected chi connectivity index (χ2v) is 4.93. The number of ether oxygens (including phenoxy) is 2. The van der Waals surface area contributed by atoms with E-state index >= 15 is 0 Å². The maximum Gasteiger partial charge on any atom is 0.332 e. The third-order valence-electron chi connectivity index (χ3n) is 3.46. The predicted octanol–water partition coefficient (Wildman–Crippen LogP) is 1.12. The van der Waals surface area contributed by atoms with Crippen LogP contribution in [0.5, 0.6) is 0 Å². The quantitative estimate of drug-likeness (QED) is 0.821. The number of hydrogen-bond acceptors (Lipinski definition) is 4. The molecule has 6 nitrogen and oxygen atoms in total. The summed E-state index contributed by atoms with van der Waals surface area (Å²) in [5.74, 6) is -1.21. The Morgan fingerprint density at radius 2 is 2.10 bits per heavy atom. The smallest absolute Gasteiger partial charge is 0.332 e. The van der Waals surface area contributed by atoms with Gasteiger partial charge in [0.15, 0.2) is 12.2 Å². The zero-order valence-electron chi connectivity index (χ0n) is 11.8. The van der Waals surface area contributed by atoms with Crippen LogP contribution in [0.2, 0.25) is 0 Å². The molecule has 1 aromatic rings. The van der Waals surface area contributed by atoms with Gasteiger partial charge in [-0.1, -0.05) is 30.3 Å². The zero-order chi connectivity index (χ0) is 15.2. The van der Waals surface area contributed by atoms with Crippen LogP contribution in [0.3, 0.4) is 0 Å². The highest BCUT2D eigenvalue weighted by Crippen LogP contribution is 2.20. The Balaban J connectivity index is 1.85. The first-order chi connectivity index (χ1) is 10.1. The molecule has 3 unspecified atom stereocenters. The Kier molecular flexibility index (Phi) is 5.30. The van der Waals surface area contributed by atoms with Crippen LogP contribution < -0.4 is 5.32 Å². The minimum Gasteiger partial charge on any atom is -0.479 e. The highest BCUT2D eigenvalue weighted by molar-refractivity contribution is 5.82. The van der Waals surface area contributed by atoms with Crippen LogP contribution in [0.25, 0.3) is 0 Å². The van der Waals surface area contributed by atoms with Crippen LogP contribution in [0.4, 0.5) is 0 Å². The lowest BCUT2D eigenvalue weighted by Gasteiger charge is -2.17. The van der Waals surface area contributed by atoms with Crippen LogP contribution in [0, 0.1) is 0 Å². The van der Waals surface area contributed by atoms with Gasteiger partial charge in [0.1, 0.15) is 0 Å². The summed E-state index contributed by atoms with van der Waals surface area (Å²) in [6.07, 6.45) is -0.604. The summed E-state index contributed by atoms with van der Waals surface area (Å²) in [5, 5.41) is 11.6. The second-order valence-electron chi connectivity index (χ2n) is 4.93. The molecule has 2 N–H and O–H groups in total. The number of hydrogen-bond donors (Lipinski definition) is 2. The van der Waals surface area contributed by atoms with E-state index in [1.807, 2.05) is 30.3 Å². The molecule has 0 aliphatic carbocycles. The SMILES string of the molecule is COC(C(=O)NCC1CCC(C(=O)O)O1)c1ccccc1. The van der Waals surface area contributed by atoms with E-state index in [-0.39, 0.29) is 18.6 Å². The summed E-state index contributed by atoms with van der Waals surface area (Å²) in [7, 11) is 1.48. The number of carboxylic acid groups (broad SMARTS) is 1. The minimum absolute atomic E-state index is 0.258. The lowest BCUT2D eigenvalue weighted by atomic mass is 10.1. The molecule has 1 aromatic carbocycles. The minimum atomic E-state index is -0.956. The molecular weight excluding hydrogens is 274 g/mol. The van der Waals surface area contributed by atoms with Crippen molar-refractivity contribution in [3.8, 4) is 0 Å². The number of carbonyl (C=O) groups is 2. The molecule has 3 atom stereocenters. The van der Waals surface area contributed by atoms with Gasteiger partial charge in [-0.25, -0.2) is 4.79 Å². The molecule has 1 saturated heterocycles. The molecule has 0 aromatic heterocycles. The van der Waals surface area contributed by atoms with Crippen molar-refractivity contribution in [1.29, 1.82) is 0 Å². The standard InChI is InChI=1S/C15H19NO5/c1-20-13(10-5-3-2-4-6-10)14(17)16-9-11-7-8-12(21-11)15(18)19/h2-6,11-13H,7-9H2,1H3,(H,16,17)(H,18,19). The molecule has 1 heterocycles. The molecule has 0 radical (unpaired) electrons. The van der Waals surface area contributed by atoms with Gasteiger partial charge in [-0.3, -0.25) is 4.79 Å². The molecule has 6 heteroatoms. The van der Waals surface area contributed by atoms with Gasteiger partial charge < -0.3 is 19.9 Å². The molecule has 1 fully saturated rings. The first-order valence-electron chi connectivity index (χ1n) is 6.85. The summed E-state index contributed by atoms with van der Waals surface area (Å²) >= 11 is 0. The van der Waals surface area contributed by atoms with Crippen LogP contribution in [0.1, 0.15) is 24.5 Å². The molecule has 114 valence electrons. The number of rotatable bonds is 6. The molecule has 1 aliphatic rings. The monoisotopic (exact) mass is 293 g/mol. The Bertz CT molecular complexity index is 490. The molecule has 1 amide bonds. The van der Waals surface area contributed by atoms with E-state index in [0.29, 0.717) is 12.8 Å². The van der Waals surface area contributed by atoms with E-state index in [1.54, 1.807) is 0 Å². The van der Waals surface area contributed by atoms with Gasteiger partial charge in [-0.05, 0) is 18.4 Å². The van der Waals surface area contributed by atoms with E-state index in [2.05, 4.69) is 5.32 Å². The first-order valence-corrected chi connectivity index (χ1v) is 6.85. The van der Waals surface area contributed by atoms with Crippen molar-refractivity contribution in [2.24, 2.45) is 0 Å². The summed E-state index contributed by atoms with van der Waals surface area (Å²) in [6, 6.07) is 9.19. The van der Waals surface area contributed by atoms with Crippen molar-refractivity contribution in [1.82, 2.24) is 5.32 Å². The van der Waals surface area contributed by atoms with Crippen LogP contribution in [-0.4, -0.2) is 42.8 Å². The van der Waals surface area contributed by atoms with Crippen molar-refractivity contribution in [3.63, 3.8) is 0 Å². The van der Waals surface area contributed by atoms with E-state index in [1.165, 1.54) is 7.11 Å². The van der Waals surface area contributed by atoms with Crippen LogP contribution >= 0.6 is 0 Å². The number of carboxylic acids is 1. The first kappa shape index (κ1) is 15.5. The Morgan fingerprint density at radius 1 is 1.38 bits per heavy atom. The zero-order valence-corrected chi connectivity index (χ0v) is 11.8. The van der Waals surface area contributed by atoms with Gasteiger partial charge in [-0.15, -0.1) is 0 Å². The topological polar surface area (TPSA) is 84.9 Å². The highest BCUT2D eigenvalue weighted by atomic mass is 16.5. The molecule has 1 aliphatic heterocycles. The predicted molar refractivity (Wildman–Crippen MR) is 74.7 cm³/mol. The van der Waals surface area contributed by atoms with Crippen LogP contribution in [0.15, 0.2) is 30.3 Å². The lowest BCUT2D eigenvalue weighted by Crippen LogP contribution is -2.36. The maximum atomic E-state index is 12.1. The van der Waals surface area contributed by atoms with E-state index in [4.69, 9.17) is 14.6 Å². The maximum absolute atomic E-state index is 12.1. The van der Waals surface area contributed by atoms with E-state index < -0.39 is 18.2 Å². The average Bonchev–Trinajstić information content (AvgIpc) is 2.96. The van der Waals surface area contributed by atoms with Crippen molar-refractivity contribution < 1.29 is 24.2 Å². The Labute approximate surface area is 123 Å². The number of aliphatic carboxylic acids is 1. The number of methoxy groups -OCH3 is 1. The molecule has 2 rings (SSSR count). The number of amides is 1. The average molecular weight is 293 g/mol. The van der Waals surface area contributed by atoms with Gasteiger partial charge in [0.05, 0.1) is 6.10 Å². The largest absolute Gasteiger partial charge is 0.479 e. The van der Waals surface area contributed by atoms with Gasteiger partial charge in [0.25, 0.3) is 5.91 Å². The van der Waals surface area contributed by atoms with Crippen molar-refractivity contribution in [2.75, 3.05) is 13.7 Å². The summed E-state index contributed by atoms with van der Waals surface area (Å²) < 4.78 is 10.6. The Hall–Kier alpha value is -1.92. The van der Waals surface area contributed by atoms with E-state index in [9.17, 15) is 9.59 Å².